The molecule has 0 unspecified atom stereocenters. The Morgan fingerprint density at radius 2 is 2.07 bits per heavy atom. The highest BCUT2D eigenvalue weighted by atomic mass is 79.9. The van der Waals surface area contributed by atoms with E-state index in [1.807, 2.05) is 6.92 Å². The van der Waals surface area contributed by atoms with Crippen molar-refractivity contribution in [3.63, 3.8) is 0 Å². The summed E-state index contributed by atoms with van der Waals surface area (Å²) in [6, 6.07) is 2.41. The maximum absolute atomic E-state index is 13.1. The molecule has 1 aromatic rings. The molecule has 1 nitrogen and oxygen atoms in total. The molecule has 0 aromatic heterocycles. The van der Waals surface area contributed by atoms with Gasteiger partial charge in [-0.1, -0.05) is 19.4 Å². The molecule has 0 bridgehead atoms. The largest absolute Gasteiger partial charge is 0.388 e. The zero-order valence-corrected chi connectivity index (χ0v) is 9.31. The van der Waals surface area contributed by atoms with Gasteiger partial charge in [0.25, 0.3) is 0 Å². The van der Waals surface area contributed by atoms with Gasteiger partial charge in [-0.3, -0.25) is 0 Å². The molecule has 1 atom stereocenters. The molecular formula is C10H11BrF2O. The summed E-state index contributed by atoms with van der Waals surface area (Å²) in [7, 11) is 0. The van der Waals surface area contributed by atoms with Gasteiger partial charge < -0.3 is 5.11 Å². The molecule has 0 amide bonds. The van der Waals surface area contributed by atoms with Crippen LogP contribution in [0.15, 0.2) is 16.6 Å². The van der Waals surface area contributed by atoms with Crippen molar-refractivity contribution < 1.29 is 13.9 Å². The molecule has 0 radical (unpaired) electrons. The van der Waals surface area contributed by atoms with E-state index in [1.165, 1.54) is 6.07 Å². The number of rotatable bonds is 3. The van der Waals surface area contributed by atoms with Crippen LogP contribution < -0.4 is 0 Å². The van der Waals surface area contributed by atoms with Crippen molar-refractivity contribution >= 4 is 15.9 Å². The third-order valence-corrected chi connectivity index (χ3v) is 2.79. The Morgan fingerprint density at radius 1 is 1.43 bits per heavy atom. The van der Waals surface area contributed by atoms with E-state index in [1.54, 1.807) is 0 Å². The predicted molar refractivity (Wildman–Crippen MR) is 53.9 cm³/mol. The Morgan fingerprint density at radius 3 is 2.64 bits per heavy atom. The molecular weight excluding hydrogens is 254 g/mol. The first-order valence-corrected chi connectivity index (χ1v) is 5.18. The van der Waals surface area contributed by atoms with E-state index >= 15 is 0 Å². The van der Waals surface area contributed by atoms with Crippen molar-refractivity contribution in [1.82, 2.24) is 0 Å². The Hall–Kier alpha value is -0.480. The van der Waals surface area contributed by atoms with E-state index in [9.17, 15) is 13.9 Å². The van der Waals surface area contributed by atoms with Crippen molar-refractivity contribution in [1.29, 1.82) is 0 Å². The molecule has 78 valence electrons. The van der Waals surface area contributed by atoms with Crippen LogP contribution in [0.2, 0.25) is 0 Å². The highest BCUT2D eigenvalue weighted by Gasteiger charge is 2.16. The fourth-order valence-electron chi connectivity index (χ4n) is 1.23. The molecule has 0 saturated heterocycles. The minimum atomic E-state index is -0.947. The van der Waals surface area contributed by atoms with Gasteiger partial charge >= 0.3 is 0 Å². The van der Waals surface area contributed by atoms with Crippen LogP contribution >= 0.6 is 15.9 Å². The normalized spacial score (nSPS) is 12.9. The minimum Gasteiger partial charge on any atom is -0.388 e. The van der Waals surface area contributed by atoms with Gasteiger partial charge in [0.15, 0.2) is 11.6 Å². The van der Waals surface area contributed by atoms with Gasteiger partial charge in [0, 0.05) is 0 Å². The zero-order valence-electron chi connectivity index (χ0n) is 7.73. The van der Waals surface area contributed by atoms with Gasteiger partial charge in [0.05, 0.1) is 10.6 Å². The molecule has 0 heterocycles. The second-order valence-electron chi connectivity index (χ2n) is 3.07. The topological polar surface area (TPSA) is 20.2 Å². The molecule has 0 aliphatic heterocycles. The highest BCUT2D eigenvalue weighted by molar-refractivity contribution is 9.10. The molecule has 0 aliphatic rings. The Balaban J connectivity index is 3.04. The quantitative estimate of drug-likeness (QED) is 0.828. The van der Waals surface area contributed by atoms with Crippen LogP contribution in [0, 0.1) is 11.6 Å². The molecule has 0 saturated carbocycles. The van der Waals surface area contributed by atoms with Gasteiger partial charge in [-0.2, -0.15) is 0 Å². The van der Waals surface area contributed by atoms with Crippen LogP contribution in [0.1, 0.15) is 31.4 Å². The maximum Gasteiger partial charge on any atom is 0.173 e. The van der Waals surface area contributed by atoms with Crippen LogP contribution in [-0.2, 0) is 0 Å². The van der Waals surface area contributed by atoms with Crippen molar-refractivity contribution in [3.8, 4) is 0 Å². The number of hydrogen-bond donors (Lipinski definition) is 1. The summed E-state index contributed by atoms with van der Waals surface area (Å²) in [6.07, 6.45) is 0.570. The van der Waals surface area contributed by atoms with Crippen LogP contribution in [0.3, 0.4) is 0 Å². The Labute approximate surface area is 89.9 Å². The van der Waals surface area contributed by atoms with Gasteiger partial charge in [0.1, 0.15) is 0 Å². The van der Waals surface area contributed by atoms with E-state index < -0.39 is 17.7 Å². The summed E-state index contributed by atoms with van der Waals surface area (Å²) in [5, 5.41) is 9.60. The van der Waals surface area contributed by atoms with E-state index in [4.69, 9.17) is 0 Å². The van der Waals surface area contributed by atoms with Crippen LogP contribution in [0.25, 0.3) is 0 Å². The molecule has 0 aliphatic carbocycles. The van der Waals surface area contributed by atoms with E-state index in [0.29, 0.717) is 12.0 Å². The van der Waals surface area contributed by atoms with E-state index in [0.717, 1.165) is 12.5 Å². The van der Waals surface area contributed by atoms with E-state index in [-0.39, 0.29) is 4.47 Å². The fraction of sp³-hybridized carbons (Fsp3) is 0.400. The van der Waals surface area contributed by atoms with Gasteiger partial charge in [-0.25, -0.2) is 8.78 Å². The van der Waals surface area contributed by atoms with Crippen molar-refractivity contribution in [2.24, 2.45) is 0 Å². The number of aliphatic hydroxyl groups is 1. The lowest BCUT2D eigenvalue weighted by molar-refractivity contribution is 0.165. The first kappa shape index (κ1) is 11.6. The molecule has 14 heavy (non-hydrogen) atoms. The summed E-state index contributed by atoms with van der Waals surface area (Å²) in [6.45, 7) is 1.91. The Kier molecular flexibility index (Phi) is 4.01. The molecule has 1 aromatic carbocycles. The second-order valence-corrected chi connectivity index (χ2v) is 3.86. The minimum absolute atomic E-state index is 0.0125. The van der Waals surface area contributed by atoms with E-state index in [2.05, 4.69) is 15.9 Å². The molecule has 4 heteroatoms. The van der Waals surface area contributed by atoms with Crippen LogP contribution in [-0.4, -0.2) is 5.11 Å². The molecule has 0 fully saturated rings. The number of benzene rings is 1. The van der Waals surface area contributed by atoms with Gasteiger partial charge in [-0.15, -0.1) is 0 Å². The van der Waals surface area contributed by atoms with Crippen molar-refractivity contribution in [3.05, 3.63) is 33.8 Å². The lowest BCUT2D eigenvalue weighted by Crippen LogP contribution is -2.00. The lowest BCUT2D eigenvalue weighted by atomic mass is 10.1. The first-order valence-electron chi connectivity index (χ1n) is 4.39. The average Bonchev–Trinajstić information content (AvgIpc) is 2.15. The summed E-state index contributed by atoms with van der Waals surface area (Å²) < 4.78 is 25.8. The molecule has 0 spiro atoms. The lowest BCUT2D eigenvalue weighted by Gasteiger charge is -2.12. The summed E-state index contributed by atoms with van der Waals surface area (Å²) in [4.78, 5) is 0. The fourth-order valence-corrected chi connectivity index (χ4v) is 1.81. The van der Waals surface area contributed by atoms with Crippen LogP contribution in [0.5, 0.6) is 0 Å². The van der Waals surface area contributed by atoms with Crippen molar-refractivity contribution in [2.45, 2.75) is 25.9 Å². The Bertz CT molecular complexity index is 328. The smallest absolute Gasteiger partial charge is 0.173 e. The van der Waals surface area contributed by atoms with Crippen LogP contribution in [0.4, 0.5) is 8.78 Å². The standard InChI is InChI=1S/C10H11BrF2O/c1-2-3-8(14)6-4-5-7(12)10(13)9(6)11/h4-5,8,14H,2-3H2,1H3/t8-/m1/s1. The SMILES string of the molecule is CCC[C@@H](O)c1ccc(F)c(F)c1Br. The maximum atomic E-state index is 13.1. The van der Waals surface area contributed by atoms with Gasteiger partial charge in [0.2, 0.25) is 0 Å². The van der Waals surface area contributed by atoms with Gasteiger partial charge in [-0.05, 0) is 34.0 Å². The summed E-state index contributed by atoms with van der Waals surface area (Å²) >= 11 is 2.93. The first-order chi connectivity index (χ1) is 6.57. The predicted octanol–water partition coefficient (Wildman–Crippen LogP) is 3.56. The summed E-state index contributed by atoms with van der Waals surface area (Å²) in [5.41, 5.74) is 0.394. The van der Waals surface area contributed by atoms with Crippen molar-refractivity contribution in [2.75, 3.05) is 0 Å². The molecule has 1 rings (SSSR count). The highest BCUT2D eigenvalue weighted by Crippen LogP contribution is 2.29. The second kappa shape index (κ2) is 4.84. The number of hydrogen-bond acceptors (Lipinski definition) is 1. The third kappa shape index (κ3) is 2.30. The zero-order chi connectivity index (χ0) is 10.7. The monoisotopic (exact) mass is 264 g/mol. The summed E-state index contributed by atoms with van der Waals surface area (Å²) in [5.74, 6) is -1.86. The average molecular weight is 265 g/mol. The molecule has 1 N–H and O–H groups in total. The third-order valence-electron chi connectivity index (χ3n) is 1.99. The number of aliphatic hydroxyl groups excluding tert-OH is 1. The number of halogens is 3.